The SMILES string of the molecule is COC1(CNC(=O)c2ccc(C(=O)O)cc2)CCC1. The van der Waals surface area contributed by atoms with E-state index in [9.17, 15) is 9.59 Å². The van der Waals surface area contributed by atoms with Crippen LogP contribution in [-0.4, -0.2) is 36.2 Å². The molecule has 1 aliphatic rings. The number of carboxylic acid groups (broad SMARTS) is 1. The van der Waals surface area contributed by atoms with Crippen LogP contribution in [0.15, 0.2) is 24.3 Å². The minimum Gasteiger partial charge on any atom is -0.478 e. The molecular formula is C14H17NO4. The Morgan fingerprint density at radius 1 is 1.26 bits per heavy atom. The first-order chi connectivity index (χ1) is 9.06. The molecule has 5 heteroatoms. The molecule has 0 spiro atoms. The van der Waals surface area contributed by atoms with Crippen molar-refractivity contribution in [3.05, 3.63) is 35.4 Å². The molecule has 0 radical (unpaired) electrons. The summed E-state index contributed by atoms with van der Waals surface area (Å²) in [4.78, 5) is 22.6. The molecule has 0 atom stereocenters. The molecule has 0 aromatic heterocycles. The molecule has 0 unspecified atom stereocenters. The summed E-state index contributed by atoms with van der Waals surface area (Å²) < 4.78 is 5.42. The van der Waals surface area contributed by atoms with E-state index in [1.165, 1.54) is 24.3 Å². The molecule has 2 N–H and O–H groups in total. The molecule has 1 fully saturated rings. The van der Waals surface area contributed by atoms with Crippen LogP contribution in [0.5, 0.6) is 0 Å². The fourth-order valence-corrected chi connectivity index (χ4v) is 2.13. The van der Waals surface area contributed by atoms with E-state index < -0.39 is 5.97 Å². The van der Waals surface area contributed by atoms with Gasteiger partial charge in [0.1, 0.15) is 0 Å². The highest BCUT2D eigenvalue weighted by Gasteiger charge is 2.37. The molecule has 0 heterocycles. The van der Waals surface area contributed by atoms with Gasteiger partial charge in [-0.25, -0.2) is 4.79 Å². The first kappa shape index (κ1) is 13.5. The highest BCUT2D eigenvalue weighted by Crippen LogP contribution is 2.34. The smallest absolute Gasteiger partial charge is 0.335 e. The molecule has 5 nitrogen and oxygen atoms in total. The Labute approximate surface area is 111 Å². The summed E-state index contributed by atoms with van der Waals surface area (Å²) in [7, 11) is 1.66. The molecule has 1 amide bonds. The highest BCUT2D eigenvalue weighted by molar-refractivity contribution is 5.95. The quantitative estimate of drug-likeness (QED) is 0.847. The third-order valence-electron chi connectivity index (χ3n) is 3.66. The Morgan fingerprint density at radius 2 is 1.84 bits per heavy atom. The van der Waals surface area contributed by atoms with Gasteiger partial charge >= 0.3 is 5.97 Å². The summed E-state index contributed by atoms with van der Waals surface area (Å²) in [5.74, 6) is -1.21. The van der Waals surface area contributed by atoms with E-state index in [-0.39, 0.29) is 17.1 Å². The van der Waals surface area contributed by atoms with Crippen molar-refractivity contribution in [1.29, 1.82) is 0 Å². The van der Waals surface area contributed by atoms with Gasteiger partial charge in [0.05, 0.1) is 11.2 Å². The molecule has 1 aromatic rings. The van der Waals surface area contributed by atoms with Gasteiger partial charge in [0.25, 0.3) is 5.91 Å². The number of carboxylic acids is 1. The molecule has 1 aromatic carbocycles. The van der Waals surface area contributed by atoms with E-state index in [1.54, 1.807) is 7.11 Å². The molecule has 0 saturated heterocycles. The Bertz CT molecular complexity index is 471. The Hall–Kier alpha value is -1.88. The van der Waals surface area contributed by atoms with Crippen molar-refractivity contribution in [3.8, 4) is 0 Å². The van der Waals surface area contributed by atoms with Gasteiger partial charge in [-0.15, -0.1) is 0 Å². The Kier molecular flexibility index (Phi) is 3.85. The van der Waals surface area contributed by atoms with E-state index in [4.69, 9.17) is 9.84 Å². The molecule has 0 bridgehead atoms. The van der Waals surface area contributed by atoms with E-state index in [2.05, 4.69) is 5.32 Å². The van der Waals surface area contributed by atoms with Crippen molar-refractivity contribution in [2.24, 2.45) is 0 Å². The number of aromatic carboxylic acids is 1. The third-order valence-corrected chi connectivity index (χ3v) is 3.66. The lowest BCUT2D eigenvalue weighted by Gasteiger charge is -2.40. The third kappa shape index (κ3) is 2.93. The van der Waals surface area contributed by atoms with Crippen LogP contribution in [-0.2, 0) is 4.74 Å². The average Bonchev–Trinajstić information content (AvgIpc) is 2.38. The number of carbonyl (C=O) groups excluding carboxylic acids is 1. The molecule has 1 saturated carbocycles. The predicted molar refractivity (Wildman–Crippen MR) is 69.3 cm³/mol. The predicted octanol–water partition coefficient (Wildman–Crippen LogP) is 1.68. The summed E-state index contributed by atoms with van der Waals surface area (Å²) in [6, 6.07) is 5.87. The van der Waals surface area contributed by atoms with Gasteiger partial charge in [-0.2, -0.15) is 0 Å². The number of methoxy groups -OCH3 is 1. The maximum absolute atomic E-state index is 11.9. The molecule has 19 heavy (non-hydrogen) atoms. The van der Waals surface area contributed by atoms with E-state index in [0.717, 1.165) is 19.3 Å². The average molecular weight is 263 g/mol. The largest absolute Gasteiger partial charge is 0.478 e. The number of nitrogens with one attached hydrogen (secondary N) is 1. The van der Waals surface area contributed by atoms with Crippen LogP contribution in [0, 0.1) is 0 Å². The monoisotopic (exact) mass is 263 g/mol. The van der Waals surface area contributed by atoms with Gasteiger partial charge < -0.3 is 15.2 Å². The van der Waals surface area contributed by atoms with Crippen LogP contribution in [0.4, 0.5) is 0 Å². The Balaban J connectivity index is 1.94. The summed E-state index contributed by atoms with van der Waals surface area (Å²) in [5.41, 5.74) is 0.413. The van der Waals surface area contributed by atoms with Crippen LogP contribution >= 0.6 is 0 Å². The standard InChI is InChI=1S/C14H17NO4/c1-19-14(7-2-8-14)9-15-12(16)10-3-5-11(6-4-10)13(17)18/h3-6H,2,7-9H2,1H3,(H,15,16)(H,17,18). The zero-order valence-electron chi connectivity index (χ0n) is 10.8. The summed E-state index contributed by atoms with van der Waals surface area (Å²) in [6.07, 6.45) is 3.04. The van der Waals surface area contributed by atoms with E-state index in [1.807, 2.05) is 0 Å². The van der Waals surface area contributed by atoms with Gasteiger partial charge in [-0.05, 0) is 43.5 Å². The van der Waals surface area contributed by atoms with E-state index in [0.29, 0.717) is 12.1 Å². The van der Waals surface area contributed by atoms with Gasteiger partial charge in [-0.3, -0.25) is 4.79 Å². The van der Waals surface area contributed by atoms with E-state index >= 15 is 0 Å². The maximum Gasteiger partial charge on any atom is 0.335 e. The van der Waals surface area contributed by atoms with Crippen LogP contribution in [0.1, 0.15) is 40.0 Å². The minimum absolute atomic E-state index is 0.170. The number of amides is 1. The minimum atomic E-state index is -1.00. The lowest BCUT2D eigenvalue weighted by atomic mass is 9.80. The van der Waals surface area contributed by atoms with Crippen LogP contribution < -0.4 is 5.32 Å². The van der Waals surface area contributed by atoms with Crippen LogP contribution in [0.25, 0.3) is 0 Å². The molecule has 1 aliphatic carbocycles. The highest BCUT2D eigenvalue weighted by atomic mass is 16.5. The lowest BCUT2D eigenvalue weighted by Crippen LogP contribution is -2.49. The number of benzene rings is 1. The lowest BCUT2D eigenvalue weighted by molar-refractivity contribution is -0.0679. The first-order valence-corrected chi connectivity index (χ1v) is 6.23. The number of ether oxygens (including phenoxy) is 1. The van der Waals surface area contributed by atoms with Gasteiger partial charge in [-0.1, -0.05) is 0 Å². The van der Waals surface area contributed by atoms with Crippen molar-refractivity contribution < 1.29 is 19.4 Å². The first-order valence-electron chi connectivity index (χ1n) is 6.23. The summed E-state index contributed by atoms with van der Waals surface area (Å²) in [5, 5.41) is 11.6. The molecular weight excluding hydrogens is 246 g/mol. The zero-order chi connectivity index (χ0) is 13.9. The van der Waals surface area contributed by atoms with Crippen molar-refractivity contribution in [2.75, 3.05) is 13.7 Å². The maximum atomic E-state index is 11.9. The van der Waals surface area contributed by atoms with Crippen molar-refractivity contribution in [1.82, 2.24) is 5.32 Å². The van der Waals surface area contributed by atoms with Crippen molar-refractivity contribution in [2.45, 2.75) is 24.9 Å². The zero-order valence-corrected chi connectivity index (χ0v) is 10.8. The second-order valence-electron chi connectivity index (χ2n) is 4.81. The number of carbonyl (C=O) groups is 2. The molecule has 0 aliphatic heterocycles. The second-order valence-corrected chi connectivity index (χ2v) is 4.81. The fourth-order valence-electron chi connectivity index (χ4n) is 2.13. The van der Waals surface area contributed by atoms with Gasteiger partial charge in [0, 0.05) is 19.2 Å². The van der Waals surface area contributed by atoms with Crippen LogP contribution in [0.2, 0.25) is 0 Å². The number of rotatable bonds is 5. The topological polar surface area (TPSA) is 75.6 Å². The second kappa shape index (κ2) is 5.40. The number of hydrogen-bond donors (Lipinski definition) is 2. The van der Waals surface area contributed by atoms with Crippen LogP contribution in [0.3, 0.4) is 0 Å². The van der Waals surface area contributed by atoms with Gasteiger partial charge in [0.15, 0.2) is 0 Å². The fraction of sp³-hybridized carbons (Fsp3) is 0.429. The summed E-state index contributed by atoms with van der Waals surface area (Å²) in [6.45, 7) is 0.489. The molecule has 102 valence electrons. The molecule has 2 rings (SSSR count). The van der Waals surface area contributed by atoms with Gasteiger partial charge in [0.2, 0.25) is 0 Å². The Morgan fingerprint density at radius 3 is 2.26 bits per heavy atom. The van der Waals surface area contributed by atoms with Crippen molar-refractivity contribution in [3.63, 3.8) is 0 Å². The summed E-state index contributed by atoms with van der Waals surface area (Å²) >= 11 is 0. The normalized spacial score (nSPS) is 16.5. The number of hydrogen-bond acceptors (Lipinski definition) is 3. The van der Waals surface area contributed by atoms with Crippen molar-refractivity contribution >= 4 is 11.9 Å².